The number of phenols is 1. The molecule has 1 N–H and O–H groups in total. The minimum atomic E-state index is -0.506. The van der Waals surface area contributed by atoms with Gasteiger partial charge in [-0.05, 0) is 31.2 Å². The molecule has 0 fully saturated rings. The van der Waals surface area contributed by atoms with Crippen molar-refractivity contribution in [2.24, 2.45) is 0 Å². The van der Waals surface area contributed by atoms with Crippen molar-refractivity contribution in [3.05, 3.63) is 36.1 Å². The molecule has 0 radical (unpaired) electrons. The molecule has 1 atom stereocenters. The van der Waals surface area contributed by atoms with Crippen molar-refractivity contribution in [2.45, 2.75) is 13.0 Å². The van der Waals surface area contributed by atoms with E-state index in [1.54, 1.807) is 19.1 Å². The maximum absolute atomic E-state index is 11.1. The molecule has 5 heteroatoms. The maximum Gasteiger partial charge on any atom is 0.334 e. The first-order chi connectivity index (χ1) is 8.56. The van der Waals surface area contributed by atoms with Crippen molar-refractivity contribution >= 4 is 5.97 Å². The highest BCUT2D eigenvalue weighted by atomic mass is 16.5. The molecule has 1 aromatic carbocycles. The molecule has 0 bridgehead atoms. The molecule has 98 valence electrons. The molecule has 0 saturated heterocycles. The van der Waals surface area contributed by atoms with Crippen molar-refractivity contribution in [3.63, 3.8) is 0 Å². The van der Waals surface area contributed by atoms with Gasteiger partial charge in [0, 0.05) is 0 Å². The Labute approximate surface area is 106 Å². The number of phenolic OH excluding ortho intramolecular Hbond substituents is 1. The Morgan fingerprint density at radius 1 is 1.22 bits per heavy atom. The quantitative estimate of drug-likeness (QED) is 0.492. The molecule has 0 aliphatic heterocycles. The van der Waals surface area contributed by atoms with Crippen LogP contribution in [0.15, 0.2) is 36.1 Å². The largest absolute Gasteiger partial charge is 0.508 e. The zero-order chi connectivity index (χ0) is 13.5. The van der Waals surface area contributed by atoms with Crippen LogP contribution in [0, 0.1) is 0 Å². The van der Waals surface area contributed by atoms with Gasteiger partial charge in [-0.1, -0.05) is 0 Å². The van der Waals surface area contributed by atoms with Crippen molar-refractivity contribution in [2.75, 3.05) is 14.2 Å². The van der Waals surface area contributed by atoms with E-state index in [4.69, 9.17) is 14.6 Å². The molecule has 0 aromatic heterocycles. The van der Waals surface area contributed by atoms with Crippen LogP contribution in [0.4, 0.5) is 0 Å². The summed E-state index contributed by atoms with van der Waals surface area (Å²) < 4.78 is 15.1. The molecular weight excluding hydrogens is 236 g/mol. The van der Waals surface area contributed by atoms with Crippen molar-refractivity contribution in [1.82, 2.24) is 0 Å². The molecule has 0 saturated carbocycles. The molecule has 0 amide bonds. The zero-order valence-corrected chi connectivity index (χ0v) is 10.5. The Morgan fingerprint density at radius 3 is 2.33 bits per heavy atom. The van der Waals surface area contributed by atoms with Gasteiger partial charge in [-0.15, -0.1) is 0 Å². The SMILES string of the molecule is COC(=O)C=C(OC)C(C)Oc1ccc(O)cc1. The van der Waals surface area contributed by atoms with Crippen LogP contribution >= 0.6 is 0 Å². The normalized spacial score (nSPS) is 12.7. The molecule has 1 unspecified atom stereocenters. The highest BCUT2D eigenvalue weighted by Gasteiger charge is 2.13. The third kappa shape index (κ3) is 4.01. The van der Waals surface area contributed by atoms with E-state index >= 15 is 0 Å². The lowest BCUT2D eigenvalue weighted by molar-refractivity contribution is -0.135. The number of carbonyl (C=O) groups excluding carboxylic acids is 1. The Kier molecular flexibility index (Phi) is 5.05. The van der Waals surface area contributed by atoms with Crippen LogP contribution in [0.2, 0.25) is 0 Å². The fourth-order valence-electron chi connectivity index (χ4n) is 1.30. The van der Waals surface area contributed by atoms with Gasteiger partial charge in [0.15, 0.2) is 6.10 Å². The number of hydrogen-bond donors (Lipinski definition) is 1. The van der Waals surface area contributed by atoms with E-state index in [-0.39, 0.29) is 5.75 Å². The number of aromatic hydroxyl groups is 1. The molecule has 1 rings (SSSR count). The number of rotatable bonds is 5. The lowest BCUT2D eigenvalue weighted by Gasteiger charge is -2.16. The minimum Gasteiger partial charge on any atom is -0.508 e. The predicted octanol–water partition coefficient (Wildman–Crippen LogP) is 1.86. The second kappa shape index (κ2) is 6.54. The van der Waals surface area contributed by atoms with Gasteiger partial charge >= 0.3 is 5.97 Å². The first-order valence-electron chi connectivity index (χ1n) is 5.36. The second-order valence-electron chi connectivity index (χ2n) is 3.53. The van der Waals surface area contributed by atoms with E-state index in [0.29, 0.717) is 11.5 Å². The van der Waals surface area contributed by atoms with Gasteiger partial charge in [0.05, 0.1) is 20.3 Å². The third-order valence-electron chi connectivity index (χ3n) is 2.25. The fourth-order valence-corrected chi connectivity index (χ4v) is 1.30. The average Bonchev–Trinajstić information content (AvgIpc) is 2.38. The summed E-state index contributed by atoms with van der Waals surface area (Å²) in [5, 5.41) is 9.14. The van der Waals surface area contributed by atoms with Gasteiger partial charge in [-0.3, -0.25) is 0 Å². The second-order valence-corrected chi connectivity index (χ2v) is 3.53. The number of ether oxygens (including phenoxy) is 3. The fraction of sp³-hybridized carbons (Fsp3) is 0.308. The number of esters is 1. The molecule has 1 aromatic rings. The van der Waals surface area contributed by atoms with Crippen LogP contribution in [-0.2, 0) is 14.3 Å². The van der Waals surface area contributed by atoms with E-state index in [2.05, 4.69) is 4.74 Å². The lowest BCUT2D eigenvalue weighted by atomic mass is 10.3. The minimum absolute atomic E-state index is 0.159. The number of hydrogen-bond acceptors (Lipinski definition) is 5. The summed E-state index contributed by atoms with van der Waals surface area (Å²) >= 11 is 0. The smallest absolute Gasteiger partial charge is 0.334 e. The van der Waals surface area contributed by atoms with Crippen molar-refractivity contribution < 1.29 is 24.1 Å². The Morgan fingerprint density at radius 2 is 1.83 bits per heavy atom. The summed E-state index contributed by atoms with van der Waals surface area (Å²) in [7, 11) is 2.74. The Balaban J connectivity index is 2.73. The van der Waals surface area contributed by atoms with Crippen LogP contribution < -0.4 is 4.74 Å². The van der Waals surface area contributed by atoms with E-state index in [0.717, 1.165) is 0 Å². The number of carbonyl (C=O) groups is 1. The summed E-state index contributed by atoms with van der Waals surface area (Å²) in [5.41, 5.74) is 0. The summed E-state index contributed by atoms with van der Waals surface area (Å²) in [6.07, 6.45) is 0.782. The van der Waals surface area contributed by atoms with E-state index in [9.17, 15) is 4.79 Å². The monoisotopic (exact) mass is 252 g/mol. The highest BCUT2D eigenvalue weighted by Crippen LogP contribution is 2.19. The lowest BCUT2D eigenvalue weighted by Crippen LogP contribution is -2.17. The standard InChI is InChI=1S/C13H16O5/c1-9(12(16-2)8-13(15)17-3)18-11-6-4-10(14)5-7-11/h4-9,14H,1-3H3. The molecule has 5 nitrogen and oxygen atoms in total. The van der Waals surface area contributed by atoms with Crippen LogP contribution in [0.3, 0.4) is 0 Å². The van der Waals surface area contributed by atoms with Gasteiger partial charge in [0.2, 0.25) is 0 Å². The molecule has 0 aliphatic rings. The average molecular weight is 252 g/mol. The van der Waals surface area contributed by atoms with Crippen molar-refractivity contribution in [3.8, 4) is 11.5 Å². The summed E-state index contributed by atoms with van der Waals surface area (Å²) in [6.45, 7) is 1.74. The van der Waals surface area contributed by atoms with Crippen molar-refractivity contribution in [1.29, 1.82) is 0 Å². The summed E-state index contributed by atoms with van der Waals surface area (Å²) in [5.74, 6) is 0.572. The van der Waals surface area contributed by atoms with Crippen LogP contribution in [0.1, 0.15) is 6.92 Å². The first-order valence-corrected chi connectivity index (χ1v) is 5.36. The van der Waals surface area contributed by atoms with Gasteiger partial charge in [-0.25, -0.2) is 4.79 Å². The van der Waals surface area contributed by atoms with E-state index < -0.39 is 12.1 Å². The molecule has 18 heavy (non-hydrogen) atoms. The maximum atomic E-state index is 11.1. The van der Waals surface area contributed by atoms with E-state index in [1.807, 2.05) is 0 Å². The van der Waals surface area contributed by atoms with Gasteiger partial charge in [0.1, 0.15) is 17.3 Å². The first kappa shape index (κ1) is 13.9. The van der Waals surface area contributed by atoms with Gasteiger partial charge in [-0.2, -0.15) is 0 Å². The van der Waals surface area contributed by atoms with E-state index in [1.165, 1.54) is 32.4 Å². The van der Waals surface area contributed by atoms with Gasteiger partial charge < -0.3 is 19.3 Å². The molecule has 0 heterocycles. The third-order valence-corrected chi connectivity index (χ3v) is 2.25. The van der Waals surface area contributed by atoms with Crippen LogP contribution in [0.25, 0.3) is 0 Å². The molecule has 0 aliphatic carbocycles. The summed E-state index contributed by atoms with van der Waals surface area (Å²) in [6, 6.07) is 6.27. The molecular formula is C13H16O5. The molecule has 0 spiro atoms. The van der Waals surface area contributed by atoms with Crippen LogP contribution in [-0.4, -0.2) is 31.4 Å². The number of methoxy groups -OCH3 is 2. The Hall–Kier alpha value is -2.17. The Bertz CT molecular complexity index is 422. The summed E-state index contributed by atoms with van der Waals surface area (Å²) in [4.78, 5) is 11.1. The number of benzene rings is 1. The highest BCUT2D eigenvalue weighted by molar-refractivity contribution is 5.82. The zero-order valence-electron chi connectivity index (χ0n) is 10.5. The topological polar surface area (TPSA) is 65.0 Å². The predicted molar refractivity (Wildman–Crippen MR) is 65.3 cm³/mol. The van der Waals surface area contributed by atoms with Gasteiger partial charge in [0.25, 0.3) is 0 Å². The van der Waals surface area contributed by atoms with Crippen LogP contribution in [0.5, 0.6) is 11.5 Å².